The number of aliphatic hydroxyl groups is 1. The maximum Gasteiger partial charge on any atom is 0.322 e. The van der Waals surface area contributed by atoms with Crippen LogP contribution in [0.3, 0.4) is 0 Å². The van der Waals surface area contributed by atoms with E-state index in [4.69, 9.17) is 5.11 Å². The summed E-state index contributed by atoms with van der Waals surface area (Å²) in [6.45, 7) is 6.14. The third-order valence-corrected chi connectivity index (χ3v) is 2.31. The second-order valence-electron chi connectivity index (χ2n) is 4.16. The number of nitrogens with one attached hydrogen (secondary N) is 1. The van der Waals surface area contributed by atoms with E-state index < -0.39 is 0 Å². The lowest BCUT2D eigenvalue weighted by Crippen LogP contribution is -2.45. The highest BCUT2D eigenvalue weighted by molar-refractivity contribution is 5.75. The van der Waals surface area contributed by atoms with E-state index in [1.807, 2.05) is 6.92 Å². The van der Waals surface area contributed by atoms with Gasteiger partial charge in [-0.05, 0) is 18.8 Å². The van der Waals surface area contributed by atoms with Gasteiger partial charge in [0.05, 0.1) is 13.7 Å². The Bertz CT molecular complexity index is 183. The molecular weight excluding hydrogens is 194 g/mol. The molecule has 0 spiro atoms. The highest BCUT2D eigenvalue weighted by Crippen LogP contribution is 2.06. The van der Waals surface area contributed by atoms with Gasteiger partial charge in [-0.1, -0.05) is 20.8 Å². The van der Waals surface area contributed by atoms with E-state index in [2.05, 4.69) is 23.9 Å². The van der Waals surface area contributed by atoms with Crippen molar-refractivity contribution in [3.8, 4) is 0 Å². The summed E-state index contributed by atoms with van der Waals surface area (Å²) in [6, 6.07) is -0.347. The minimum absolute atomic E-state index is 0.0333. The van der Waals surface area contributed by atoms with Gasteiger partial charge >= 0.3 is 5.97 Å². The first-order valence-corrected chi connectivity index (χ1v) is 5.49. The van der Waals surface area contributed by atoms with E-state index in [-0.39, 0.29) is 24.7 Å². The van der Waals surface area contributed by atoms with Crippen LogP contribution in [-0.4, -0.2) is 36.9 Å². The fraction of sp³-hybridized carbons (Fsp3) is 0.909. The number of hydrogen-bond donors (Lipinski definition) is 2. The molecule has 0 bridgehead atoms. The van der Waals surface area contributed by atoms with E-state index in [9.17, 15) is 4.79 Å². The van der Waals surface area contributed by atoms with Gasteiger partial charge in [-0.3, -0.25) is 10.1 Å². The van der Waals surface area contributed by atoms with Crippen molar-refractivity contribution in [2.24, 2.45) is 5.92 Å². The van der Waals surface area contributed by atoms with Crippen LogP contribution < -0.4 is 5.32 Å². The predicted octanol–water partition coefficient (Wildman–Crippen LogP) is 0.935. The van der Waals surface area contributed by atoms with Gasteiger partial charge in [0, 0.05) is 6.04 Å². The number of carbonyl (C=O) groups is 1. The van der Waals surface area contributed by atoms with Crippen LogP contribution >= 0.6 is 0 Å². The van der Waals surface area contributed by atoms with Crippen molar-refractivity contribution in [3.63, 3.8) is 0 Å². The Morgan fingerprint density at radius 1 is 1.47 bits per heavy atom. The molecule has 0 saturated carbocycles. The number of hydrogen-bond acceptors (Lipinski definition) is 4. The number of rotatable bonds is 7. The minimum atomic E-state index is -0.314. The lowest BCUT2D eigenvalue weighted by molar-refractivity contribution is -0.143. The molecule has 0 aromatic heterocycles. The smallest absolute Gasteiger partial charge is 0.322 e. The van der Waals surface area contributed by atoms with E-state index in [0.29, 0.717) is 12.3 Å². The first-order chi connectivity index (χ1) is 7.04. The molecule has 2 unspecified atom stereocenters. The number of aliphatic hydroxyl groups excluding tert-OH is 1. The van der Waals surface area contributed by atoms with Gasteiger partial charge in [-0.2, -0.15) is 0 Å². The normalized spacial score (nSPS) is 15.1. The maximum atomic E-state index is 11.3. The number of methoxy groups -OCH3 is 1. The zero-order valence-electron chi connectivity index (χ0n) is 10.1. The highest BCUT2D eigenvalue weighted by atomic mass is 16.5. The molecule has 0 aliphatic carbocycles. The van der Waals surface area contributed by atoms with E-state index in [0.717, 1.165) is 6.42 Å². The Morgan fingerprint density at radius 3 is 2.40 bits per heavy atom. The monoisotopic (exact) mass is 217 g/mol. The molecule has 0 aromatic carbocycles. The van der Waals surface area contributed by atoms with Gasteiger partial charge in [0.25, 0.3) is 0 Å². The quantitative estimate of drug-likeness (QED) is 0.623. The van der Waals surface area contributed by atoms with Gasteiger partial charge in [-0.25, -0.2) is 0 Å². The van der Waals surface area contributed by atoms with Gasteiger partial charge < -0.3 is 9.84 Å². The standard InChI is InChI=1S/C11H23NO3/c1-5-10(11(14)15-4)12-9(7-13)6-8(2)3/h8-10,12-13H,5-7H2,1-4H3. The van der Waals surface area contributed by atoms with Crippen LogP contribution in [0.15, 0.2) is 0 Å². The van der Waals surface area contributed by atoms with E-state index >= 15 is 0 Å². The van der Waals surface area contributed by atoms with Gasteiger partial charge in [0.15, 0.2) is 0 Å². The molecule has 4 nitrogen and oxygen atoms in total. The fourth-order valence-corrected chi connectivity index (χ4v) is 1.54. The third kappa shape index (κ3) is 5.74. The van der Waals surface area contributed by atoms with Crippen molar-refractivity contribution in [2.75, 3.05) is 13.7 Å². The molecule has 0 saturated heterocycles. The van der Waals surface area contributed by atoms with E-state index in [1.54, 1.807) is 0 Å². The summed E-state index contributed by atoms with van der Waals surface area (Å²) in [5.41, 5.74) is 0. The maximum absolute atomic E-state index is 11.3. The fourth-order valence-electron chi connectivity index (χ4n) is 1.54. The third-order valence-electron chi connectivity index (χ3n) is 2.31. The zero-order chi connectivity index (χ0) is 11.8. The zero-order valence-corrected chi connectivity index (χ0v) is 10.1. The molecule has 2 atom stereocenters. The molecule has 0 rings (SSSR count). The summed E-state index contributed by atoms with van der Waals surface area (Å²) in [4.78, 5) is 11.3. The second kappa shape index (κ2) is 7.65. The van der Waals surface area contributed by atoms with Crippen molar-refractivity contribution in [1.29, 1.82) is 0 Å². The Kier molecular flexibility index (Phi) is 7.34. The van der Waals surface area contributed by atoms with Crippen molar-refractivity contribution in [1.82, 2.24) is 5.32 Å². The molecule has 0 aliphatic heterocycles. The van der Waals surface area contributed by atoms with Crippen LogP contribution in [0.5, 0.6) is 0 Å². The summed E-state index contributed by atoms with van der Waals surface area (Å²) in [5.74, 6) is 0.226. The molecule has 90 valence electrons. The molecule has 0 aliphatic rings. The molecule has 0 heterocycles. The Hall–Kier alpha value is -0.610. The largest absolute Gasteiger partial charge is 0.468 e. The van der Waals surface area contributed by atoms with Crippen molar-refractivity contribution in [2.45, 2.75) is 45.7 Å². The molecule has 0 fully saturated rings. The molecule has 15 heavy (non-hydrogen) atoms. The van der Waals surface area contributed by atoms with Gasteiger partial charge in [-0.15, -0.1) is 0 Å². The second-order valence-corrected chi connectivity index (χ2v) is 4.16. The van der Waals surface area contributed by atoms with Crippen molar-refractivity contribution < 1.29 is 14.6 Å². The van der Waals surface area contributed by atoms with E-state index in [1.165, 1.54) is 7.11 Å². The SMILES string of the molecule is CCC(NC(CO)CC(C)C)C(=O)OC. The first kappa shape index (κ1) is 14.4. The summed E-state index contributed by atoms with van der Waals surface area (Å²) in [6.07, 6.45) is 1.52. The summed E-state index contributed by atoms with van der Waals surface area (Å²) in [5, 5.41) is 12.3. The lowest BCUT2D eigenvalue weighted by Gasteiger charge is -2.23. The van der Waals surface area contributed by atoms with Crippen LogP contribution in [0.25, 0.3) is 0 Å². The molecule has 0 aromatic rings. The Morgan fingerprint density at radius 2 is 2.07 bits per heavy atom. The highest BCUT2D eigenvalue weighted by Gasteiger charge is 2.20. The topological polar surface area (TPSA) is 58.6 Å². The lowest BCUT2D eigenvalue weighted by atomic mass is 10.0. The van der Waals surface area contributed by atoms with Crippen molar-refractivity contribution >= 4 is 5.97 Å². The summed E-state index contributed by atoms with van der Waals surface area (Å²) in [7, 11) is 1.38. The molecule has 0 radical (unpaired) electrons. The summed E-state index contributed by atoms with van der Waals surface area (Å²) >= 11 is 0. The number of esters is 1. The van der Waals surface area contributed by atoms with Crippen LogP contribution in [-0.2, 0) is 9.53 Å². The number of ether oxygens (including phenoxy) is 1. The molecular formula is C11H23NO3. The average Bonchev–Trinajstić information content (AvgIpc) is 2.22. The summed E-state index contributed by atoms with van der Waals surface area (Å²) < 4.78 is 4.67. The van der Waals surface area contributed by atoms with Gasteiger partial charge in [0.2, 0.25) is 0 Å². The number of carbonyl (C=O) groups excluding carboxylic acids is 1. The Labute approximate surface area is 92.0 Å². The van der Waals surface area contributed by atoms with Crippen LogP contribution in [0.1, 0.15) is 33.6 Å². The minimum Gasteiger partial charge on any atom is -0.468 e. The van der Waals surface area contributed by atoms with Crippen molar-refractivity contribution in [3.05, 3.63) is 0 Å². The molecule has 4 heteroatoms. The van der Waals surface area contributed by atoms with Crippen LogP contribution in [0.2, 0.25) is 0 Å². The van der Waals surface area contributed by atoms with Crippen LogP contribution in [0, 0.1) is 5.92 Å². The first-order valence-electron chi connectivity index (χ1n) is 5.49. The van der Waals surface area contributed by atoms with Gasteiger partial charge in [0.1, 0.15) is 6.04 Å². The molecule has 2 N–H and O–H groups in total. The predicted molar refractivity (Wildman–Crippen MR) is 59.6 cm³/mol. The molecule has 0 amide bonds. The Balaban J connectivity index is 4.17. The van der Waals surface area contributed by atoms with Crippen LogP contribution in [0.4, 0.5) is 0 Å². The average molecular weight is 217 g/mol.